The number of phosphoric acid groups is 6. The van der Waals surface area contributed by atoms with Crippen molar-refractivity contribution in [2.24, 2.45) is 10.8 Å². The summed E-state index contributed by atoms with van der Waals surface area (Å²) < 4.78 is 120. The van der Waals surface area contributed by atoms with Crippen LogP contribution in [0.25, 0.3) is 22.3 Å². The Hall–Kier alpha value is -8.88. The van der Waals surface area contributed by atoms with Crippen LogP contribution >= 0.6 is 46.9 Å². The van der Waals surface area contributed by atoms with Gasteiger partial charge in [0.25, 0.3) is 31.3 Å². The minimum atomic E-state index is -5.96. The van der Waals surface area contributed by atoms with Gasteiger partial charge < -0.3 is 184 Å². The van der Waals surface area contributed by atoms with E-state index < -0.39 is 248 Å². The van der Waals surface area contributed by atoms with E-state index in [9.17, 15) is 155 Å². The fourth-order valence-corrected chi connectivity index (χ4v) is 16.0. The number of ketones is 2. The number of fused-ring (bicyclic) bond motifs is 2. The van der Waals surface area contributed by atoms with Crippen molar-refractivity contribution < 1.29 is 236 Å². The molecule has 0 saturated carbocycles. The molecule has 4 aromatic heterocycles. The Kier molecular flexibility index (Phi) is 44.1. The van der Waals surface area contributed by atoms with E-state index in [1.165, 1.54) is 6.92 Å². The first-order valence-corrected chi connectivity index (χ1v) is 45.4. The fourth-order valence-electron chi connectivity index (χ4n) is 10.5. The predicted octanol–water partition coefficient (Wildman–Crippen LogP) is -10.3. The van der Waals surface area contributed by atoms with E-state index in [4.69, 9.17) is 56.7 Å². The third kappa shape index (κ3) is 41.9. The summed E-state index contributed by atoms with van der Waals surface area (Å²) in [5.74, 6) is -14.9. The van der Waals surface area contributed by atoms with Gasteiger partial charge in [0.2, 0.25) is 23.6 Å². The van der Waals surface area contributed by atoms with Crippen LogP contribution in [0.4, 0.5) is 11.6 Å². The molecular weight excluding hydrogens is 1900 g/mol. The number of hydrogen-bond acceptors (Lipinski definition) is 51. The topological polar surface area (TPSA) is 1030 Å². The van der Waals surface area contributed by atoms with Crippen LogP contribution in [0, 0.1) is 10.8 Å². The lowest BCUT2D eigenvalue weighted by Gasteiger charge is -2.36. The molecule has 2 fully saturated rings. The summed E-state index contributed by atoms with van der Waals surface area (Å²) in [7, 11) is -35.4. The van der Waals surface area contributed by atoms with Crippen LogP contribution in [0.1, 0.15) is 124 Å². The van der Waals surface area contributed by atoms with Gasteiger partial charge in [0, 0.05) is 69.1 Å². The van der Waals surface area contributed by atoms with E-state index in [0.717, 1.165) is 62.1 Å². The Bertz CT molecular complexity index is 4900. The molecule has 21 N–H and O–H groups in total. The lowest BCUT2D eigenvalue weighted by molar-refractivity contribution is -0.348. The largest absolute Gasteiger partial charge is 0.790 e. The number of ether oxygens (including phenoxy) is 2. The molecule has 0 spiro atoms. The second-order valence-corrected chi connectivity index (χ2v) is 37.2. The summed E-state index contributed by atoms with van der Waals surface area (Å²) >= 11 is 0. The first-order valence-electron chi connectivity index (χ1n) is 36.6. The Morgan fingerprint density at radius 2 is 0.769 bits per heavy atom. The Balaban J connectivity index is 0.000000557. The fraction of sp³-hybridized carbons (Fsp3) is 0.639. The number of phosphoric ester groups is 6. The van der Waals surface area contributed by atoms with Crippen LogP contribution in [0.15, 0.2) is 25.3 Å². The van der Waals surface area contributed by atoms with Crippen molar-refractivity contribution in [2.75, 3.05) is 64.1 Å². The van der Waals surface area contributed by atoms with Crippen molar-refractivity contribution in [1.82, 2.24) is 60.3 Å². The maximum Gasteiger partial charge on any atom is 0.308 e. The van der Waals surface area contributed by atoms with E-state index >= 15 is 0 Å². The molecule has 63 nitrogen and oxygen atoms in total. The number of carbonyl (C=O) groups excluding carboxylic acids is 6. The van der Waals surface area contributed by atoms with Gasteiger partial charge in [-0.3, -0.25) is 84.9 Å². The van der Waals surface area contributed by atoms with Gasteiger partial charge in [-0.05, 0) is 6.92 Å². The number of Topliss-reactive ketones (excluding diaryl/α,β-unsaturated/α-hetero) is 2. The first-order chi connectivity index (χ1) is 59.5. The van der Waals surface area contributed by atoms with Crippen molar-refractivity contribution >= 4 is 152 Å². The molecule has 130 heavy (non-hydrogen) atoms. The molecule has 4 amide bonds. The van der Waals surface area contributed by atoms with Gasteiger partial charge in [-0.1, -0.05) is 27.7 Å². The van der Waals surface area contributed by atoms with E-state index in [0.29, 0.717) is 0 Å². The molecule has 6 rings (SSSR count). The number of nitrogens with one attached hydrogen (secondary N) is 4. The third-order valence-corrected chi connectivity index (χ3v) is 22.7. The molecule has 2 aliphatic heterocycles. The minimum Gasteiger partial charge on any atom is -0.790 e. The van der Waals surface area contributed by atoms with Crippen LogP contribution in [-0.4, -0.2) is 289 Å². The van der Waals surface area contributed by atoms with Crippen LogP contribution in [0.5, 0.6) is 0 Å². The number of nitrogens with zero attached hydrogens (tertiary/aromatic N) is 8. The number of carbonyl (C=O) groups is 12. The molecule has 0 aliphatic carbocycles. The van der Waals surface area contributed by atoms with Gasteiger partial charge in [-0.15, -0.1) is 0 Å². The number of carboxylic acids is 6. The Labute approximate surface area is 730 Å². The van der Waals surface area contributed by atoms with E-state index in [1.807, 2.05) is 0 Å². The summed E-state index contributed by atoms with van der Waals surface area (Å²) in [6, 6.07) is 0. The Morgan fingerprint density at radius 1 is 0.446 bits per heavy atom. The van der Waals surface area contributed by atoms with Gasteiger partial charge >= 0.3 is 35.8 Å². The van der Waals surface area contributed by atoms with Gasteiger partial charge in [-0.25, -0.2) is 38.5 Å². The lowest BCUT2D eigenvalue weighted by Crippen LogP contribution is -2.46. The monoisotopic (exact) mass is 1990 g/mol. The highest BCUT2D eigenvalue weighted by Crippen LogP contribution is 2.58. The number of rotatable bonds is 52. The van der Waals surface area contributed by atoms with E-state index in [2.05, 4.69) is 86.9 Å². The van der Waals surface area contributed by atoms with E-state index in [-0.39, 0.29) is 117 Å². The number of hydrogen-bond donors (Lipinski definition) is 19. The summed E-state index contributed by atoms with van der Waals surface area (Å²) in [4.78, 5) is 251. The summed E-state index contributed by atoms with van der Waals surface area (Å²) in [6.45, 7) is 0.0403. The van der Waals surface area contributed by atoms with Crippen LogP contribution in [0.2, 0.25) is 0 Å². The lowest BCUT2D eigenvalue weighted by atomic mass is 9.87. The molecule has 2 aliphatic rings. The molecule has 0 aromatic carbocycles. The molecule has 14 atom stereocenters. The molecule has 0 radical (unpaired) electrons. The second kappa shape index (κ2) is 49.7. The summed E-state index contributed by atoms with van der Waals surface area (Å²) in [5, 5.41) is 129. The SMILES string of the molecule is CC(C)(COP(=O)([O-])OP(=O)([O-])OCC1OC(n2cnc3c(N)ncnc32)C(O)C1OP(=O)([O-])[O-])C(O)C(=O)NCCC(=O)NCCC(=O)CC(O)(O)CC(=O)O.CC(C)(COP(=O)([O-])OP(=O)([O-])OCC1OC(n2cnc3c(N)ncnc32)C(O)C1OP(=O)([O-])[O-])C(O)C(=O)NCCC(=O)NCCC(=O)CCC(=O)O.CC(O)(CC(=O)O)CC(=O)O.O=C(O)CCC(=O)O. The zero-order chi connectivity index (χ0) is 99.4. The van der Waals surface area contributed by atoms with Crippen molar-refractivity contribution in [2.45, 2.75) is 184 Å². The second-order valence-electron chi connectivity index (χ2n) is 29.1. The van der Waals surface area contributed by atoms with Gasteiger partial charge in [-0.2, -0.15) is 0 Å². The number of aromatic nitrogens is 8. The number of amides is 4. The van der Waals surface area contributed by atoms with Crippen LogP contribution < -0.4 is 71.9 Å². The van der Waals surface area contributed by atoms with Crippen LogP contribution in [0.3, 0.4) is 0 Å². The molecule has 2 saturated heterocycles. The molecule has 69 heteroatoms. The number of nitrogen functional groups attached to an aromatic ring is 2. The van der Waals surface area contributed by atoms with Gasteiger partial charge in [0.15, 0.2) is 41.2 Å². The molecule has 14 unspecified atom stereocenters. The maximum absolute atomic E-state index is 12.5. The number of aliphatic carboxylic acids is 6. The molecular formula is C61H90N14O49P6-8. The number of carboxylic acid groups (broad SMARTS) is 6. The van der Waals surface area contributed by atoms with Crippen LogP contribution in [-0.2, 0) is 130 Å². The van der Waals surface area contributed by atoms with Crippen molar-refractivity contribution in [3.63, 3.8) is 0 Å². The van der Waals surface area contributed by atoms with Crippen molar-refractivity contribution in [3.8, 4) is 0 Å². The van der Waals surface area contributed by atoms with Gasteiger partial charge in [0.1, 0.15) is 84.1 Å². The normalized spacial score (nSPS) is 20.1. The maximum atomic E-state index is 12.5. The number of aliphatic hydroxyl groups is 7. The quantitative estimate of drug-likeness (QED) is 0.0144. The Morgan fingerprint density at radius 3 is 1.10 bits per heavy atom. The average molecular weight is 1990 g/mol. The predicted molar refractivity (Wildman–Crippen MR) is 401 cm³/mol. The van der Waals surface area contributed by atoms with Crippen molar-refractivity contribution in [1.29, 1.82) is 0 Å². The zero-order valence-electron chi connectivity index (χ0n) is 68.2. The highest BCUT2D eigenvalue weighted by molar-refractivity contribution is 7.60. The average Bonchev–Trinajstić information content (AvgIpc) is 1.62. The number of anilines is 2. The first kappa shape index (κ1) is 115. The zero-order valence-corrected chi connectivity index (χ0v) is 73.5. The highest BCUT2D eigenvalue weighted by atomic mass is 31.3. The number of imidazole rings is 2. The number of nitrogens with two attached hydrogens (primary N) is 2. The van der Waals surface area contributed by atoms with E-state index in [1.54, 1.807) is 0 Å². The standard InChI is InChI=1S/C26H42N7O21P3.C25H40N7O19P3.C6H10O5.C4H6O4/c1-25(2,20(39)23(40)29-6-4-15(35)28-5-3-13(34)7-26(41,42)8-16(36)37)10-51-57(48,49)54-56(46,47)50-9-14-19(53-55(43,44)45)18(38)24(52-14)33-12-32-17-21(27)30-11-31-22(17)33;1-25(2,20(38)23(39)28-8-6-15(34)27-7-5-13(33)3-4-16(35)36)10-48-54(45,46)51-53(43,44)47-9-14-19(50-52(40,41)42)18(37)24(49-14)32-12-31-17-21(26)29-11-30-22(17)32;1-6(11,2-4(7)8)3-5(9)10;5-3(6)1-2-4(7)8/h11-12,14,18-20,24,38-39,41-42H,3-10H2,1-2H3,(H,28,35)(H,29,40)(H,36,37)(H,46,47)(H,48,49)(H2,27,30,31)(H2,43,44,45);11-12,14,18-20,24,37-38H,3-10H2,1-2H3,(H,27,34)(H,28,39)(H,35,36)(H,43,44)(H,45,46)(H2,26,29,30)(H2,40,41,42);11H,2-3H2,1H3,(H,7,8)(H,9,10);1-2H2,(H,5,6)(H,7,8)/p-8. The number of aliphatic hydroxyl groups excluding tert-OH is 4. The smallest absolute Gasteiger partial charge is 0.308 e. The minimum absolute atomic E-state index is 0.0213. The molecule has 736 valence electrons. The molecule has 6 heterocycles. The summed E-state index contributed by atoms with van der Waals surface area (Å²) in [5.41, 5.74) is 6.26. The summed E-state index contributed by atoms with van der Waals surface area (Å²) in [6.07, 6.45) is -20.6. The van der Waals surface area contributed by atoms with Crippen molar-refractivity contribution in [3.05, 3.63) is 25.3 Å². The third-order valence-electron chi connectivity index (χ3n) is 16.7. The van der Waals surface area contributed by atoms with Gasteiger partial charge in [0.05, 0.1) is 105 Å². The molecule has 0 bridgehead atoms. The molecule has 4 aromatic rings. The highest BCUT2D eigenvalue weighted by Gasteiger charge is 2.50.